The van der Waals surface area contributed by atoms with Crippen LogP contribution in [0.15, 0.2) is 42.0 Å². The van der Waals surface area contributed by atoms with E-state index >= 15 is 0 Å². The Morgan fingerprint density at radius 3 is 2.62 bits per heavy atom. The molecule has 6 nitrogen and oxygen atoms in total. The van der Waals surface area contributed by atoms with Crippen LogP contribution in [0.2, 0.25) is 0 Å². The largest absolute Gasteiger partial charge is 0.478 e. The summed E-state index contributed by atoms with van der Waals surface area (Å²) < 4.78 is 6.19. The van der Waals surface area contributed by atoms with Gasteiger partial charge in [0.2, 0.25) is 5.91 Å². The summed E-state index contributed by atoms with van der Waals surface area (Å²) in [5, 5.41) is 12.1. The molecule has 1 unspecified atom stereocenters. The van der Waals surface area contributed by atoms with Crippen LogP contribution in [-0.2, 0) is 20.7 Å². The number of hydrogen-bond acceptors (Lipinski definition) is 4. The highest BCUT2D eigenvalue weighted by molar-refractivity contribution is 5.87. The van der Waals surface area contributed by atoms with Gasteiger partial charge in [-0.05, 0) is 37.3 Å². The van der Waals surface area contributed by atoms with Crippen molar-refractivity contribution in [1.29, 1.82) is 0 Å². The fraction of sp³-hybridized carbons (Fsp3) is 0.500. The number of aryl methyl sites for hydroxylation is 1. The van der Waals surface area contributed by atoms with Gasteiger partial charge in [0.05, 0.1) is 18.2 Å². The number of ether oxygens (including phenoxy) is 1. The third kappa shape index (κ3) is 5.68. The van der Waals surface area contributed by atoms with Crippen LogP contribution in [0.4, 0.5) is 0 Å². The second-order valence-electron chi connectivity index (χ2n) is 6.75. The van der Waals surface area contributed by atoms with Crippen LogP contribution in [-0.4, -0.2) is 41.3 Å². The number of rotatable bonds is 8. The molecule has 1 aromatic rings. The van der Waals surface area contributed by atoms with Gasteiger partial charge in [0.1, 0.15) is 0 Å². The highest BCUT2D eigenvalue weighted by Gasteiger charge is 2.35. The summed E-state index contributed by atoms with van der Waals surface area (Å²) in [4.78, 5) is 22.9. The summed E-state index contributed by atoms with van der Waals surface area (Å²) in [6.45, 7) is 3.46. The highest BCUT2D eigenvalue weighted by atomic mass is 16.5. The van der Waals surface area contributed by atoms with Crippen molar-refractivity contribution in [3.8, 4) is 0 Å². The second kappa shape index (κ2) is 9.50. The maximum atomic E-state index is 11.5. The minimum absolute atomic E-state index is 0.0481. The smallest absolute Gasteiger partial charge is 0.331 e. The van der Waals surface area contributed by atoms with E-state index in [-0.39, 0.29) is 24.0 Å². The minimum Gasteiger partial charge on any atom is -0.478 e. The first-order chi connectivity index (χ1) is 12.4. The molecule has 1 aliphatic carbocycles. The van der Waals surface area contributed by atoms with E-state index in [1.54, 1.807) is 6.08 Å². The number of benzene rings is 1. The Hall–Kier alpha value is -2.18. The average Bonchev–Trinajstić information content (AvgIpc) is 2.61. The lowest BCUT2D eigenvalue weighted by atomic mass is 9.88. The van der Waals surface area contributed by atoms with E-state index in [0.717, 1.165) is 19.3 Å². The van der Waals surface area contributed by atoms with Gasteiger partial charge in [0.25, 0.3) is 0 Å². The fourth-order valence-electron chi connectivity index (χ4n) is 3.26. The minimum atomic E-state index is -0.993. The molecule has 1 aromatic carbocycles. The molecule has 26 heavy (non-hydrogen) atoms. The van der Waals surface area contributed by atoms with Gasteiger partial charge in [-0.3, -0.25) is 4.79 Å². The number of carboxylic acids is 1. The highest BCUT2D eigenvalue weighted by Crippen LogP contribution is 2.24. The lowest BCUT2D eigenvalue weighted by Gasteiger charge is -2.36. The molecule has 0 aromatic heterocycles. The molecule has 1 aliphatic rings. The van der Waals surface area contributed by atoms with Crippen molar-refractivity contribution < 1.29 is 19.4 Å². The normalized spacial score (nSPS) is 23.8. The number of carbonyl (C=O) groups excluding carboxylic acids is 1. The zero-order valence-corrected chi connectivity index (χ0v) is 15.4. The molecule has 142 valence electrons. The van der Waals surface area contributed by atoms with Crippen molar-refractivity contribution >= 4 is 11.9 Å². The van der Waals surface area contributed by atoms with Crippen molar-refractivity contribution in [2.45, 2.75) is 63.8 Å². The van der Waals surface area contributed by atoms with Crippen LogP contribution >= 0.6 is 0 Å². The molecular formula is C20H28N2O4. The Kier molecular flexibility index (Phi) is 7.36. The molecule has 4 N–H and O–H groups in total. The van der Waals surface area contributed by atoms with Crippen LogP contribution < -0.4 is 11.1 Å². The van der Waals surface area contributed by atoms with E-state index in [9.17, 15) is 14.7 Å². The fourth-order valence-corrected chi connectivity index (χ4v) is 3.26. The van der Waals surface area contributed by atoms with E-state index in [0.29, 0.717) is 0 Å². The first kappa shape index (κ1) is 20.1. The van der Waals surface area contributed by atoms with E-state index in [4.69, 9.17) is 10.5 Å². The van der Waals surface area contributed by atoms with Crippen LogP contribution in [0.1, 0.15) is 38.7 Å². The van der Waals surface area contributed by atoms with E-state index in [2.05, 4.69) is 17.4 Å². The summed E-state index contributed by atoms with van der Waals surface area (Å²) in [6, 6.07) is 9.22. The quantitative estimate of drug-likeness (QED) is 0.658. The predicted molar refractivity (Wildman–Crippen MR) is 99.6 cm³/mol. The topological polar surface area (TPSA) is 102 Å². The van der Waals surface area contributed by atoms with Crippen LogP contribution in [0.25, 0.3) is 0 Å². The van der Waals surface area contributed by atoms with Gasteiger partial charge in [-0.25, -0.2) is 4.79 Å². The van der Waals surface area contributed by atoms with E-state index < -0.39 is 24.2 Å². The Balaban J connectivity index is 2.09. The van der Waals surface area contributed by atoms with Crippen LogP contribution in [0.5, 0.6) is 0 Å². The Morgan fingerprint density at radius 1 is 1.35 bits per heavy atom. The molecule has 1 amide bonds. The molecule has 6 heteroatoms. The van der Waals surface area contributed by atoms with E-state index in [1.807, 2.05) is 25.1 Å². The number of nitrogens with two attached hydrogens (primary N) is 1. The summed E-state index contributed by atoms with van der Waals surface area (Å²) in [7, 11) is 0. The maximum absolute atomic E-state index is 11.5. The molecule has 0 saturated carbocycles. The van der Waals surface area contributed by atoms with Gasteiger partial charge in [-0.15, -0.1) is 0 Å². The maximum Gasteiger partial charge on any atom is 0.331 e. The van der Waals surface area contributed by atoms with Gasteiger partial charge in [0, 0.05) is 18.5 Å². The number of aliphatic carboxylic acids is 1. The molecule has 0 radical (unpaired) electrons. The predicted octanol–water partition coefficient (Wildman–Crippen LogP) is 2.03. The monoisotopic (exact) mass is 360 g/mol. The molecule has 0 spiro atoms. The second-order valence-corrected chi connectivity index (χ2v) is 6.75. The molecule has 4 atom stereocenters. The van der Waals surface area contributed by atoms with Crippen molar-refractivity contribution in [2.24, 2.45) is 5.73 Å². The molecular weight excluding hydrogens is 332 g/mol. The van der Waals surface area contributed by atoms with Crippen LogP contribution in [0, 0.1) is 0 Å². The summed E-state index contributed by atoms with van der Waals surface area (Å²) in [5.74, 6) is -1.20. The van der Waals surface area contributed by atoms with Crippen molar-refractivity contribution in [2.75, 3.05) is 0 Å². The van der Waals surface area contributed by atoms with Gasteiger partial charge < -0.3 is 20.9 Å². The Labute approximate surface area is 154 Å². The molecule has 0 bridgehead atoms. The van der Waals surface area contributed by atoms with E-state index in [1.165, 1.54) is 12.5 Å². The molecule has 2 rings (SSSR count). The first-order valence-electron chi connectivity index (χ1n) is 9.06. The summed E-state index contributed by atoms with van der Waals surface area (Å²) >= 11 is 0. The molecule has 0 fully saturated rings. The Bertz CT molecular complexity index is 644. The molecule has 0 aliphatic heterocycles. The molecule has 0 heterocycles. The summed E-state index contributed by atoms with van der Waals surface area (Å²) in [6.07, 6.45) is 3.69. The van der Waals surface area contributed by atoms with Gasteiger partial charge in [-0.2, -0.15) is 0 Å². The number of carbonyl (C=O) groups is 2. The zero-order valence-electron chi connectivity index (χ0n) is 15.4. The van der Waals surface area contributed by atoms with Gasteiger partial charge in [-0.1, -0.05) is 37.3 Å². The van der Waals surface area contributed by atoms with Crippen LogP contribution in [0.3, 0.4) is 0 Å². The standard InChI is InChI=1S/C20H28N2O4/c1-3-16(10-9-14-7-5-4-6-8-14)26-18-12-15(20(24)25)11-17(21)19(18)22-13(2)23/h4-8,12,16-19H,3,9-11,21H2,1-2H3,(H,22,23)(H,24,25)/t16?,17-,18+,19+/m0/s1. The number of carboxylic acid groups (broad SMARTS) is 1. The third-order valence-electron chi connectivity index (χ3n) is 4.68. The molecule has 0 saturated heterocycles. The summed E-state index contributed by atoms with van der Waals surface area (Å²) in [5.41, 5.74) is 7.60. The van der Waals surface area contributed by atoms with Crippen molar-refractivity contribution in [3.63, 3.8) is 0 Å². The zero-order chi connectivity index (χ0) is 19.1. The SMILES string of the molecule is CCC(CCc1ccccc1)O[C@@H]1C=C(C(=O)O)C[C@H](N)[C@H]1NC(C)=O. The average molecular weight is 360 g/mol. The van der Waals surface area contributed by atoms with Gasteiger partial charge >= 0.3 is 5.97 Å². The van der Waals surface area contributed by atoms with Crippen molar-refractivity contribution in [3.05, 3.63) is 47.5 Å². The first-order valence-corrected chi connectivity index (χ1v) is 9.06. The number of amides is 1. The number of hydrogen-bond donors (Lipinski definition) is 3. The van der Waals surface area contributed by atoms with Crippen molar-refractivity contribution in [1.82, 2.24) is 5.32 Å². The number of nitrogens with one attached hydrogen (secondary N) is 1. The van der Waals surface area contributed by atoms with Gasteiger partial charge in [0.15, 0.2) is 0 Å². The lowest BCUT2D eigenvalue weighted by molar-refractivity contribution is -0.133. The lowest BCUT2D eigenvalue weighted by Crippen LogP contribution is -2.57. The Morgan fingerprint density at radius 2 is 2.04 bits per heavy atom. The third-order valence-corrected chi connectivity index (χ3v) is 4.68.